The van der Waals surface area contributed by atoms with E-state index in [0.717, 1.165) is 30.3 Å². The highest BCUT2D eigenvalue weighted by Gasteiger charge is 2.40. The van der Waals surface area contributed by atoms with Crippen LogP contribution in [0.4, 0.5) is 5.95 Å². The Hall–Kier alpha value is -3.41. The van der Waals surface area contributed by atoms with E-state index >= 15 is 0 Å². The summed E-state index contributed by atoms with van der Waals surface area (Å²) in [7, 11) is 1.68. The maximum atomic E-state index is 12.2. The number of nitrogens with zero attached hydrogens (tertiary/aromatic N) is 7. The number of aromatic nitrogens is 7. The Morgan fingerprint density at radius 2 is 2.12 bits per heavy atom. The summed E-state index contributed by atoms with van der Waals surface area (Å²) in [6, 6.07) is 3.77. The van der Waals surface area contributed by atoms with E-state index in [4.69, 9.17) is 9.40 Å². The molecule has 11 nitrogen and oxygen atoms in total. The first-order valence-corrected chi connectivity index (χ1v) is 11.3. The molecule has 0 aliphatic heterocycles. The molecule has 2 atom stereocenters. The molecule has 5 rings (SSSR count). The molecule has 4 aromatic heterocycles. The first-order valence-electron chi connectivity index (χ1n) is 10.5. The zero-order valence-corrected chi connectivity index (χ0v) is 19.9. The highest BCUT2D eigenvalue weighted by atomic mass is 79.9. The quantitative estimate of drug-likeness (QED) is 0.413. The summed E-state index contributed by atoms with van der Waals surface area (Å²) < 4.78 is 7.77. The second-order valence-corrected chi connectivity index (χ2v) is 9.14. The molecular weight excluding hydrogens is 490 g/mol. The molecule has 4 aromatic rings. The fourth-order valence-corrected chi connectivity index (χ4v) is 4.65. The molecule has 0 unspecified atom stereocenters. The number of rotatable bonds is 5. The van der Waals surface area contributed by atoms with Gasteiger partial charge in [0, 0.05) is 31.6 Å². The topological polar surface area (TPSA) is 137 Å². The number of aryl methyl sites for hydroxylation is 1. The SMILES string of the molecule is CNC(=O)[C@]1(C)CC[C@@H](Nc2ncc3c(Br)nn(-c4ccc(-c5nnc(C)o5)nc4)c3n2)C1. The number of pyridine rings is 1. The Bertz CT molecular complexity index is 1330. The Morgan fingerprint density at radius 3 is 2.82 bits per heavy atom. The molecule has 0 saturated heterocycles. The van der Waals surface area contributed by atoms with Crippen molar-refractivity contribution in [3.8, 4) is 17.3 Å². The molecule has 1 fully saturated rings. The van der Waals surface area contributed by atoms with Gasteiger partial charge in [-0.2, -0.15) is 10.1 Å². The third-order valence-electron chi connectivity index (χ3n) is 5.97. The van der Waals surface area contributed by atoms with E-state index in [1.165, 1.54) is 0 Å². The lowest BCUT2D eigenvalue weighted by Crippen LogP contribution is -2.35. The van der Waals surface area contributed by atoms with Crippen LogP contribution in [-0.2, 0) is 4.79 Å². The van der Waals surface area contributed by atoms with E-state index in [2.05, 4.69) is 51.8 Å². The molecule has 1 amide bonds. The van der Waals surface area contributed by atoms with Crippen LogP contribution in [0, 0.1) is 12.3 Å². The first kappa shape index (κ1) is 21.4. The molecule has 2 N–H and O–H groups in total. The van der Waals surface area contributed by atoms with Gasteiger partial charge < -0.3 is 15.1 Å². The van der Waals surface area contributed by atoms with Crippen LogP contribution in [0.2, 0.25) is 0 Å². The normalized spacial score (nSPS) is 20.3. The standard InChI is InChI=1S/C21H22BrN9O2/c1-11-28-29-18(33-11)15-5-4-13(9-24-15)31-17-14(16(22)30-31)10-25-20(27-17)26-12-6-7-21(2,8-12)19(32)23-3/h4-5,9-10,12H,6-8H2,1-3H3,(H,23,32)(H,25,26,27)/t12-,21-/m1/s1. The number of halogens is 1. The average molecular weight is 512 g/mol. The minimum atomic E-state index is -0.383. The molecule has 4 heterocycles. The van der Waals surface area contributed by atoms with Crippen LogP contribution in [-0.4, -0.2) is 53.9 Å². The van der Waals surface area contributed by atoms with Crippen molar-refractivity contribution in [3.05, 3.63) is 35.0 Å². The zero-order valence-electron chi connectivity index (χ0n) is 18.3. The Labute approximate surface area is 197 Å². The molecule has 0 spiro atoms. The smallest absolute Gasteiger partial charge is 0.266 e. The van der Waals surface area contributed by atoms with Crippen LogP contribution in [0.1, 0.15) is 32.1 Å². The highest BCUT2D eigenvalue weighted by Crippen LogP contribution is 2.39. The summed E-state index contributed by atoms with van der Waals surface area (Å²) in [5.74, 6) is 1.40. The second-order valence-electron chi connectivity index (χ2n) is 8.39. The van der Waals surface area contributed by atoms with Crippen molar-refractivity contribution < 1.29 is 9.21 Å². The zero-order chi connectivity index (χ0) is 23.2. The minimum Gasteiger partial charge on any atom is -0.420 e. The molecule has 12 heteroatoms. The van der Waals surface area contributed by atoms with E-state index in [1.54, 1.807) is 37.1 Å². The number of hydrogen-bond donors (Lipinski definition) is 2. The van der Waals surface area contributed by atoms with Crippen LogP contribution >= 0.6 is 15.9 Å². The highest BCUT2D eigenvalue weighted by molar-refractivity contribution is 9.10. The van der Waals surface area contributed by atoms with E-state index in [1.807, 2.05) is 13.0 Å². The van der Waals surface area contributed by atoms with Gasteiger partial charge in [0.25, 0.3) is 5.89 Å². The maximum Gasteiger partial charge on any atom is 0.266 e. The molecule has 0 aromatic carbocycles. The van der Waals surface area contributed by atoms with Gasteiger partial charge in [-0.15, -0.1) is 10.2 Å². The number of amides is 1. The van der Waals surface area contributed by atoms with Gasteiger partial charge in [-0.25, -0.2) is 14.6 Å². The average Bonchev–Trinajstić information content (AvgIpc) is 3.51. The van der Waals surface area contributed by atoms with E-state index in [-0.39, 0.29) is 17.4 Å². The van der Waals surface area contributed by atoms with Gasteiger partial charge in [0.15, 0.2) is 5.65 Å². The summed E-state index contributed by atoms with van der Waals surface area (Å²) in [5.41, 5.74) is 1.55. The predicted octanol–water partition coefficient (Wildman–Crippen LogP) is 3.05. The lowest BCUT2D eigenvalue weighted by atomic mass is 9.87. The van der Waals surface area contributed by atoms with Gasteiger partial charge in [0.2, 0.25) is 17.7 Å². The molecule has 1 aliphatic rings. The number of nitrogens with one attached hydrogen (secondary N) is 2. The Kier molecular flexibility index (Phi) is 5.31. The lowest BCUT2D eigenvalue weighted by molar-refractivity contribution is -0.129. The van der Waals surface area contributed by atoms with Crippen LogP contribution in [0.25, 0.3) is 28.3 Å². The summed E-state index contributed by atoms with van der Waals surface area (Å²) in [6.45, 7) is 3.73. The summed E-state index contributed by atoms with van der Waals surface area (Å²) in [4.78, 5) is 25.8. The molecule has 1 saturated carbocycles. The largest absolute Gasteiger partial charge is 0.420 e. The van der Waals surface area contributed by atoms with Gasteiger partial charge in [-0.05, 0) is 47.3 Å². The van der Waals surface area contributed by atoms with Crippen molar-refractivity contribution in [2.75, 3.05) is 12.4 Å². The molecule has 33 heavy (non-hydrogen) atoms. The van der Waals surface area contributed by atoms with Crippen LogP contribution < -0.4 is 10.6 Å². The van der Waals surface area contributed by atoms with Crippen LogP contribution in [0.3, 0.4) is 0 Å². The van der Waals surface area contributed by atoms with Crippen molar-refractivity contribution in [3.63, 3.8) is 0 Å². The van der Waals surface area contributed by atoms with Gasteiger partial charge >= 0.3 is 0 Å². The van der Waals surface area contributed by atoms with Crippen molar-refractivity contribution in [2.24, 2.45) is 5.41 Å². The summed E-state index contributed by atoms with van der Waals surface area (Å²) in [6.07, 6.45) is 5.81. The van der Waals surface area contributed by atoms with Crippen LogP contribution in [0.15, 0.2) is 33.5 Å². The molecule has 0 bridgehead atoms. The summed E-state index contributed by atoms with van der Waals surface area (Å²) >= 11 is 3.49. The van der Waals surface area contributed by atoms with Gasteiger partial charge in [0.1, 0.15) is 10.3 Å². The van der Waals surface area contributed by atoms with Crippen LogP contribution in [0.5, 0.6) is 0 Å². The number of fused-ring (bicyclic) bond motifs is 1. The third-order valence-corrected chi connectivity index (χ3v) is 6.55. The molecular formula is C21H22BrN9O2. The van der Waals surface area contributed by atoms with E-state index in [0.29, 0.717) is 33.7 Å². The molecule has 1 aliphatic carbocycles. The Balaban J connectivity index is 1.42. The van der Waals surface area contributed by atoms with Gasteiger partial charge in [-0.3, -0.25) is 4.79 Å². The van der Waals surface area contributed by atoms with Crippen molar-refractivity contribution >= 4 is 38.8 Å². The summed E-state index contributed by atoms with van der Waals surface area (Å²) in [5, 5.41) is 19.3. The fraction of sp³-hybridized carbons (Fsp3) is 0.381. The lowest BCUT2D eigenvalue weighted by Gasteiger charge is -2.22. The number of carbonyl (C=O) groups excluding carboxylic acids is 1. The maximum absolute atomic E-state index is 12.2. The number of anilines is 1. The van der Waals surface area contributed by atoms with Gasteiger partial charge in [-0.1, -0.05) is 6.92 Å². The monoisotopic (exact) mass is 511 g/mol. The Morgan fingerprint density at radius 1 is 1.27 bits per heavy atom. The number of carbonyl (C=O) groups is 1. The molecule has 170 valence electrons. The first-order chi connectivity index (χ1) is 15.9. The third kappa shape index (κ3) is 3.94. The molecule has 0 radical (unpaired) electrons. The van der Waals surface area contributed by atoms with Crippen molar-refractivity contribution in [2.45, 2.75) is 39.2 Å². The second kappa shape index (κ2) is 8.18. The predicted molar refractivity (Wildman–Crippen MR) is 124 cm³/mol. The fourth-order valence-electron chi connectivity index (χ4n) is 4.21. The van der Waals surface area contributed by atoms with Crippen molar-refractivity contribution in [1.82, 2.24) is 40.2 Å². The van der Waals surface area contributed by atoms with E-state index in [9.17, 15) is 4.79 Å². The minimum absolute atomic E-state index is 0.0665. The van der Waals surface area contributed by atoms with Gasteiger partial charge in [0.05, 0.1) is 17.3 Å². The van der Waals surface area contributed by atoms with E-state index < -0.39 is 0 Å². The number of hydrogen-bond acceptors (Lipinski definition) is 9. The van der Waals surface area contributed by atoms with Crippen molar-refractivity contribution in [1.29, 1.82) is 0 Å².